The summed E-state index contributed by atoms with van der Waals surface area (Å²) in [6, 6.07) is 19.8. The van der Waals surface area contributed by atoms with Crippen molar-refractivity contribution in [2.45, 2.75) is 19.8 Å². The van der Waals surface area contributed by atoms with Gasteiger partial charge < -0.3 is 4.98 Å². The second kappa shape index (κ2) is 9.27. The van der Waals surface area contributed by atoms with E-state index in [1.807, 2.05) is 85.4 Å². The van der Waals surface area contributed by atoms with Gasteiger partial charge >= 0.3 is 0 Å². The van der Waals surface area contributed by atoms with E-state index in [9.17, 15) is 4.79 Å². The number of aromatic amines is 1. The summed E-state index contributed by atoms with van der Waals surface area (Å²) in [5.41, 5.74) is 6.88. The van der Waals surface area contributed by atoms with Crippen LogP contribution in [0.4, 0.5) is 0 Å². The van der Waals surface area contributed by atoms with Crippen molar-refractivity contribution >= 4 is 16.9 Å². The van der Waals surface area contributed by atoms with E-state index < -0.39 is 0 Å². The summed E-state index contributed by atoms with van der Waals surface area (Å²) in [5.74, 6) is 1.52. The quantitative estimate of drug-likeness (QED) is 0.360. The molecule has 6 aromatic rings. The van der Waals surface area contributed by atoms with Crippen LogP contribution in [-0.4, -0.2) is 45.1 Å². The Morgan fingerprint density at radius 2 is 1.76 bits per heavy atom. The van der Waals surface area contributed by atoms with Crippen LogP contribution in [0, 0.1) is 6.92 Å². The zero-order valence-corrected chi connectivity index (χ0v) is 20.5. The van der Waals surface area contributed by atoms with Crippen molar-refractivity contribution in [2.24, 2.45) is 7.05 Å². The maximum absolute atomic E-state index is 12.8. The van der Waals surface area contributed by atoms with E-state index in [-0.39, 0.29) is 5.78 Å². The Hall–Kier alpha value is -4.92. The highest BCUT2D eigenvalue weighted by atomic mass is 16.1. The minimum Gasteiger partial charge on any atom is -0.334 e. The predicted octanol–water partition coefficient (Wildman–Crippen LogP) is 4.27. The standard InChI is InChI=1S/C28H24N8O/c1-18-15-36(17-31-18)28-25-27(29-16-30-28)33-26(32-25)21-10-8-19(9-11-21)12-23(37)13-22-14-24(34-35(22)2)20-6-4-3-5-7-20/h3-11,14-17H,12-13H2,1-2H3,(H,29,30,32,33). The second-order valence-electron chi connectivity index (χ2n) is 9.00. The van der Waals surface area contributed by atoms with Crippen LogP contribution in [0.25, 0.3) is 39.6 Å². The van der Waals surface area contributed by atoms with Crippen LogP contribution in [0.15, 0.2) is 79.5 Å². The molecule has 0 aliphatic heterocycles. The highest BCUT2D eigenvalue weighted by Crippen LogP contribution is 2.24. The van der Waals surface area contributed by atoms with Gasteiger partial charge in [-0.25, -0.2) is 19.9 Å². The van der Waals surface area contributed by atoms with Crippen LogP contribution in [0.5, 0.6) is 0 Å². The maximum atomic E-state index is 12.8. The number of benzene rings is 2. The molecule has 0 unspecified atom stereocenters. The summed E-state index contributed by atoms with van der Waals surface area (Å²) in [6.07, 6.45) is 5.80. The van der Waals surface area contributed by atoms with Gasteiger partial charge in [-0.1, -0.05) is 54.6 Å². The van der Waals surface area contributed by atoms with E-state index in [1.54, 1.807) is 11.0 Å². The number of fused-ring (bicyclic) bond motifs is 1. The largest absolute Gasteiger partial charge is 0.334 e. The molecule has 0 spiro atoms. The van der Waals surface area contributed by atoms with Crippen molar-refractivity contribution in [3.8, 4) is 28.5 Å². The van der Waals surface area contributed by atoms with Crippen molar-refractivity contribution in [1.82, 2.24) is 39.3 Å². The number of hydrogen-bond acceptors (Lipinski definition) is 6. The van der Waals surface area contributed by atoms with E-state index in [0.717, 1.165) is 39.3 Å². The lowest BCUT2D eigenvalue weighted by molar-refractivity contribution is -0.117. The summed E-state index contributed by atoms with van der Waals surface area (Å²) < 4.78 is 3.63. The smallest absolute Gasteiger partial charge is 0.183 e. The minimum absolute atomic E-state index is 0.134. The molecule has 1 N–H and O–H groups in total. The Labute approximate surface area is 212 Å². The zero-order chi connectivity index (χ0) is 25.4. The molecular weight excluding hydrogens is 464 g/mol. The van der Waals surface area contributed by atoms with Gasteiger partial charge in [0, 0.05) is 42.9 Å². The topological polar surface area (TPSA) is 107 Å². The summed E-state index contributed by atoms with van der Waals surface area (Å²) in [5, 5.41) is 4.57. The molecule has 37 heavy (non-hydrogen) atoms. The van der Waals surface area contributed by atoms with Crippen LogP contribution in [0.3, 0.4) is 0 Å². The van der Waals surface area contributed by atoms with Crippen molar-refractivity contribution < 1.29 is 4.79 Å². The first-order valence-electron chi connectivity index (χ1n) is 11.9. The number of nitrogens with zero attached hydrogens (tertiary/aromatic N) is 7. The van der Waals surface area contributed by atoms with Gasteiger partial charge in [0.2, 0.25) is 0 Å². The number of aromatic nitrogens is 8. The molecule has 0 radical (unpaired) electrons. The first-order chi connectivity index (χ1) is 18.0. The van der Waals surface area contributed by atoms with Gasteiger partial charge in [0.05, 0.1) is 11.4 Å². The van der Waals surface area contributed by atoms with Crippen LogP contribution in [-0.2, 0) is 24.7 Å². The lowest BCUT2D eigenvalue weighted by Crippen LogP contribution is -2.10. The number of H-pyrrole nitrogens is 1. The Morgan fingerprint density at radius 3 is 2.51 bits per heavy atom. The van der Waals surface area contributed by atoms with Crippen LogP contribution in [0.1, 0.15) is 17.0 Å². The molecule has 0 amide bonds. The molecule has 2 aromatic carbocycles. The number of carbonyl (C=O) groups is 1. The number of imidazole rings is 2. The fraction of sp³-hybridized carbons (Fsp3) is 0.143. The van der Waals surface area contributed by atoms with Gasteiger partial charge in [-0.05, 0) is 18.6 Å². The molecule has 0 aliphatic carbocycles. The fourth-order valence-electron chi connectivity index (χ4n) is 4.38. The van der Waals surface area contributed by atoms with E-state index in [4.69, 9.17) is 0 Å². The number of rotatable bonds is 7. The van der Waals surface area contributed by atoms with Gasteiger partial charge in [0.15, 0.2) is 11.5 Å². The number of ketones is 1. The van der Waals surface area contributed by atoms with E-state index in [0.29, 0.717) is 30.1 Å². The average Bonchev–Trinajstić information content (AvgIpc) is 3.63. The van der Waals surface area contributed by atoms with E-state index >= 15 is 0 Å². The third-order valence-electron chi connectivity index (χ3n) is 6.28. The molecule has 0 atom stereocenters. The molecule has 4 heterocycles. The van der Waals surface area contributed by atoms with Gasteiger partial charge in [-0.15, -0.1) is 0 Å². The summed E-state index contributed by atoms with van der Waals surface area (Å²) in [6.45, 7) is 1.93. The molecule has 4 aromatic heterocycles. The Balaban J connectivity index is 1.17. The van der Waals surface area contributed by atoms with Crippen LogP contribution >= 0.6 is 0 Å². The van der Waals surface area contributed by atoms with Gasteiger partial charge in [0.25, 0.3) is 0 Å². The Kier molecular flexibility index (Phi) is 5.65. The molecule has 9 nitrogen and oxygen atoms in total. The SMILES string of the molecule is Cc1cn(-c2ncnc3nc(-c4ccc(CC(=O)Cc5cc(-c6ccccc6)nn5C)cc4)[nH]c23)cn1. The molecule has 0 bridgehead atoms. The summed E-state index contributed by atoms with van der Waals surface area (Å²) in [4.78, 5) is 33.8. The maximum Gasteiger partial charge on any atom is 0.183 e. The van der Waals surface area contributed by atoms with Crippen molar-refractivity contribution in [1.29, 1.82) is 0 Å². The van der Waals surface area contributed by atoms with Gasteiger partial charge in [-0.3, -0.25) is 14.0 Å². The average molecular weight is 489 g/mol. The molecule has 9 heteroatoms. The first-order valence-corrected chi connectivity index (χ1v) is 11.9. The number of nitrogens with one attached hydrogen (secondary N) is 1. The van der Waals surface area contributed by atoms with Crippen molar-refractivity contribution in [3.05, 3.63) is 96.5 Å². The lowest BCUT2D eigenvalue weighted by atomic mass is 10.0. The normalized spacial score (nSPS) is 11.3. The van der Waals surface area contributed by atoms with Crippen molar-refractivity contribution in [2.75, 3.05) is 0 Å². The van der Waals surface area contributed by atoms with Gasteiger partial charge in [-0.2, -0.15) is 5.10 Å². The number of hydrogen-bond donors (Lipinski definition) is 1. The van der Waals surface area contributed by atoms with E-state index in [2.05, 4.69) is 30.0 Å². The van der Waals surface area contributed by atoms with Crippen molar-refractivity contribution in [3.63, 3.8) is 0 Å². The predicted molar refractivity (Wildman–Crippen MR) is 140 cm³/mol. The number of Topliss-reactive ketones (excluding diaryl/α,β-unsaturated/α-hetero) is 1. The minimum atomic E-state index is 0.134. The molecule has 0 aliphatic rings. The van der Waals surface area contributed by atoms with Gasteiger partial charge in [0.1, 0.15) is 29.8 Å². The first kappa shape index (κ1) is 22.5. The number of aryl methyl sites for hydroxylation is 2. The van der Waals surface area contributed by atoms with Crippen LogP contribution < -0.4 is 0 Å². The van der Waals surface area contributed by atoms with Crippen LogP contribution in [0.2, 0.25) is 0 Å². The molecule has 6 rings (SSSR count). The molecule has 0 fully saturated rings. The molecular formula is C28H24N8O. The fourth-order valence-corrected chi connectivity index (χ4v) is 4.38. The molecule has 182 valence electrons. The highest BCUT2D eigenvalue weighted by molar-refractivity contribution is 5.84. The number of carbonyl (C=O) groups excluding carboxylic acids is 1. The molecule has 0 saturated carbocycles. The third-order valence-corrected chi connectivity index (χ3v) is 6.28. The summed E-state index contributed by atoms with van der Waals surface area (Å²) in [7, 11) is 1.88. The summed E-state index contributed by atoms with van der Waals surface area (Å²) >= 11 is 0. The Bertz CT molecular complexity index is 1710. The highest BCUT2D eigenvalue weighted by Gasteiger charge is 2.14. The molecule has 0 saturated heterocycles. The Morgan fingerprint density at radius 1 is 0.946 bits per heavy atom. The third kappa shape index (κ3) is 4.54. The zero-order valence-electron chi connectivity index (χ0n) is 20.5. The van der Waals surface area contributed by atoms with E-state index in [1.165, 1.54) is 6.33 Å². The monoisotopic (exact) mass is 488 g/mol. The lowest BCUT2D eigenvalue weighted by Gasteiger charge is -2.04. The second-order valence-corrected chi connectivity index (χ2v) is 9.00.